The number of amides is 1. The molecular weight excluding hydrogens is 562 g/mol. The number of likely N-dealkylation sites (tertiary alicyclic amines) is 1. The Morgan fingerprint density at radius 1 is 0.884 bits per heavy atom. The molecule has 2 atom stereocenters. The van der Waals surface area contributed by atoms with Gasteiger partial charge in [-0.25, -0.2) is 0 Å². The molecule has 0 aromatic heterocycles. The first-order valence-corrected chi connectivity index (χ1v) is 15.6. The van der Waals surface area contributed by atoms with E-state index in [2.05, 4.69) is 47.9 Å². The Kier molecular flexibility index (Phi) is 10.2. The molecule has 3 aromatic rings. The fourth-order valence-corrected chi connectivity index (χ4v) is 6.99. The van der Waals surface area contributed by atoms with E-state index in [-0.39, 0.29) is 5.91 Å². The van der Waals surface area contributed by atoms with E-state index in [0.29, 0.717) is 46.0 Å². The molecule has 2 aliphatic rings. The zero-order valence-corrected chi connectivity index (χ0v) is 26.8. The number of benzene rings is 3. The van der Waals surface area contributed by atoms with Crippen LogP contribution in [-0.2, 0) is 6.42 Å². The smallest absolute Gasteiger partial charge is 0.255 e. The maximum absolute atomic E-state index is 13.0. The largest absolute Gasteiger partial charge is 0.493 e. The van der Waals surface area contributed by atoms with Crippen LogP contribution < -0.4 is 14.2 Å². The molecular formula is C35H44ClN3O4. The summed E-state index contributed by atoms with van der Waals surface area (Å²) in [6, 6.07) is 21.6. The van der Waals surface area contributed by atoms with E-state index in [1.165, 1.54) is 11.1 Å². The number of hydrogen-bond acceptors (Lipinski definition) is 6. The fraction of sp³-hybridized carbons (Fsp3) is 0.457. The van der Waals surface area contributed by atoms with Crippen LogP contribution in [0.4, 0.5) is 0 Å². The molecule has 3 aromatic carbocycles. The van der Waals surface area contributed by atoms with Crippen LogP contribution in [0.1, 0.15) is 59.8 Å². The molecule has 2 fully saturated rings. The van der Waals surface area contributed by atoms with Crippen molar-refractivity contribution < 1.29 is 19.0 Å². The summed E-state index contributed by atoms with van der Waals surface area (Å²) in [5.41, 5.74) is 4.21. The molecule has 5 rings (SSSR count). The highest BCUT2D eigenvalue weighted by atomic mass is 35.5. The van der Waals surface area contributed by atoms with Gasteiger partial charge in [-0.15, -0.1) is 0 Å². The summed E-state index contributed by atoms with van der Waals surface area (Å²) >= 11 is 6.29. The first kappa shape index (κ1) is 31.2. The molecule has 0 unspecified atom stereocenters. The van der Waals surface area contributed by atoms with Gasteiger partial charge in [-0.2, -0.15) is 0 Å². The monoisotopic (exact) mass is 605 g/mol. The topological polar surface area (TPSA) is 54.5 Å². The van der Waals surface area contributed by atoms with Gasteiger partial charge >= 0.3 is 0 Å². The normalized spacial score (nSPS) is 19.2. The lowest BCUT2D eigenvalue weighted by Gasteiger charge is -2.47. The highest BCUT2D eigenvalue weighted by Crippen LogP contribution is 2.40. The van der Waals surface area contributed by atoms with Gasteiger partial charge in [0, 0.05) is 62.8 Å². The lowest BCUT2D eigenvalue weighted by atomic mass is 9.97. The zero-order valence-electron chi connectivity index (χ0n) is 26.0. The summed E-state index contributed by atoms with van der Waals surface area (Å²) < 4.78 is 16.7. The van der Waals surface area contributed by atoms with Crippen LogP contribution in [0.5, 0.6) is 17.2 Å². The van der Waals surface area contributed by atoms with Crippen LogP contribution in [0, 0.1) is 0 Å². The molecule has 0 radical (unpaired) electrons. The highest BCUT2D eigenvalue weighted by molar-refractivity contribution is 6.33. The Morgan fingerprint density at radius 2 is 1.58 bits per heavy atom. The van der Waals surface area contributed by atoms with Gasteiger partial charge in [0.05, 0.1) is 31.9 Å². The second-order valence-corrected chi connectivity index (χ2v) is 12.1. The molecule has 0 N–H and O–H groups in total. The van der Waals surface area contributed by atoms with Crippen molar-refractivity contribution in [2.45, 2.75) is 51.2 Å². The molecule has 1 amide bonds. The lowest BCUT2D eigenvalue weighted by Crippen LogP contribution is -2.57. The second-order valence-electron chi connectivity index (χ2n) is 11.7. The van der Waals surface area contributed by atoms with Crippen molar-refractivity contribution in [3.63, 3.8) is 0 Å². The molecule has 0 saturated carbocycles. The van der Waals surface area contributed by atoms with E-state index < -0.39 is 0 Å². The Morgan fingerprint density at radius 3 is 2.21 bits per heavy atom. The predicted octanol–water partition coefficient (Wildman–Crippen LogP) is 6.33. The minimum atomic E-state index is 0.0462. The van der Waals surface area contributed by atoms with Gasteiger partial charge in [0.25, 0.3) is 5.91 Å². The maximum atomic E-state index is 13.0. The maximum Gasteiger partial charge on any atom is 0.255 e. The highest BCUT2D eigenvalue weighted by Gasteiger charge is 2.34. The molecule has 0 aliphatic carbocycles. The zero-order chi connectivity index (χ0) is 30.5. The molecule has 230 valence electrons. The second kappa shape index (κ2) is 14.0. The van der Waals surface area contributed by atoms with Crippen LogP contribution in [-0.4, -0.2) is 86.7 Å². The molecule has 43 heavy (non-hydrogen) atoms. The Hall–Kier alpha value is -3.26. The van der Waals surface area contributed by atoms with Crippen LogP contribution in [0.15, 0.2) is 60.7 Å². The summed E-state index contributed by atoms with van der Waals surface area (Å²) in [6.07, 6.45) is 2.76. The molecule has 2 heterocycles. The average molecular weight is 606 g/mol. The van der Waals surface area contributed by atoms with Gasteiger partial charge in [0.15, 0.2) is 11.5 Å². The van der Waals surface area contributed by atoms with Gasteiger partial charge in [-0.05, 0) is 56.0 Å². The number of nitrogens with zero attached hydrogens (tertiary/aromatic N) is 3. The van der Waals surface area contributed by atoms with E-state index in [9.17, 15) is 4.79 Å². The number of hydrogen-bond donors (Lipinski definition) is 0. The van der Waals surface area contributed by atoms with Crippen molar-refractivity contribution in [2.24, 2.45) is 0 Å². The van der Waals surface area contributed by atoms with Crippen molar-refractivity contribution in [1.29, 1.82) is 0 Å². The van der Waals surface area contributed by atoms with Gasteiger partial charge in [-0.1, -0.05) is 54.1 Å². The van der Waals surface area contributed by atoms with E-state index in [4.69, 9.17) is 25.8 Å². The molecule has 2 aliphatic heterocycles. The third kappa shape index (κ3) is 6.79. The number of piperazine rings is 1. The van der Waals surface area contributed by atoms with Gasteiger partial charge in [-0.3, -0.25) is 14.6 Å². The average Bonchev–Trinajstić information content (AvgIpc) is 3.04. The number of ether oxygens (including phenoxy) is 3. The summed E-state index contributed by atoms with van der Waals surface area (Å²) in [4.78, 5) is 20.2. The molecule has 8 heteroatoms. The molecule has 0 bridgehead atoms. The fourth-order valence-electron chi connectivity index (χ4n) is 6.77. The van der Waals surface area contributed by atoms with Crippen molar-refractivity contribution in [2.75, 3.05) is 54.1 Å². The third-order valence-corrected chi connectivity index (χ3v) is 9.55. The van der Waals surface area contributed by atoms with E-state index in [0.717, 1.165) is 57.5 Å². The summed E-state index contributed by atoms with van der Waals surface area (Å²) in [5, 5.41) is 0.529. The predicted molar refractivity (Wildman–Crippen MR) is 172 cm³/mol. The summed E-state index contributed by atoms with van der Waals surface area (Å²) in [7, 11) is 4.93. The van der Waals surface area contributed by atoms with E-state index in [1.54, 1.807) is 27.4 Å². The van der Waals surface area contributed by atoms with Crippen molar-refractivity contribution in [3.8, 4) is 17.2 Å². The molecule has 2 saturated heterocycles. The Bertz CT molecular complexity index is 1390. The Balaban J connectivity index is 1.15. The molecule has 0 spiro atoms. The van der Waals surface area contributed by atoms with Crippen molar-refractivity contribution in [1.82, 2.24) is 14.7 Å². The number of carbonyl (C=O) groups is 1. The summed E-state index contributed by atoms with van der Waals surface area (Å²) in [5.74, 6) is 2.04. The first-order valence-electron chi connectivity index (χ1n) is 15.2. The quantitative estimate of drug-likeness (QED) is 0.284. The van der Waals surface area contributed by atoms with Crippen LogP contribution in [0.3, 0.4) is 0 Å². The number of piperidine rings is 1. The lowest BCUT2D eigenvalue weighted by molar-refractivity contribution is 0.0135. The standard InChI is InChI=1S/C35H44ClN3O4/c1-24-23-38(29-16-18-37(19-17-29)35(40)30-8-6-7-9-31(30)36)20-21-39(24)25(2)27-12-10-26(11-13-27)22-28-14-15-32(41-3)34(43-5)33(28)42-4/h6-15,24-25,29H,16-23H2,1-5H3/t24-,25+/m1/s1. The minimum absolute atomic E-state index is 0.0462. The van der Waals surface area contributed by atoms with Gasteiger partial charge < -0.3 is 19.1 Å². The number of rotatable bonds is 9. The molecule has 7 nitrogen and oxygen atoms in total. The first-order chi connectivity index (χ1) is 20.8. The third-order valence-electron chi connectivity index (χ3n) is 9.22. The van der Waals surface area contributed by atoms with Crippen LogP contribution in [0.2, 0.25) is 5.02 Å². The van der Waals surface area contributed by atoms with Gasteiger partial charge in [0.2, 0.25) is 5.75 Å². The van der Waals surface area contributed by atoms with Crippen molar-refractivity contribution >= 4 is 17.5 Å². The number of methoxy groups -OCH3 is 3. The number of halogens is 1. The summed E-state index contributed by atoms with van der Waals surface area (Å²) in [6.45, 7) is 9.35. The Labute approximate surface area is 261 Å². The van der Waals surface area contributed by atoms with Crippen LogP contribution in [0.25, 0.3) is 0 Å². The minimum Gasteiger partial charge on any atom is -0.493 e. The van der Waals surface area contributed by atoms with Crippen molar-refractivity contribution in [3.05, 3.63) is 87.9 Å². The van der Waals surface area contributed by atoms with Crippen LogP contribution >= 0.6 is 11.6 Å². The van der Waals surface area contributed by atoms with E-state index >= 15 is 0 Å². The SMILES string of the molecule is COc1ccc(Cc2ccc([C@H](C)N3CCN(C4CCN(C(=O)c5ccccc5Cl)CC4)C[C@H]3C)cc2)c(OC)c1OC. The van der Waals surface area contributed by atoms with E-state index in [1.807, 2.05) is 35.2 Å². The number of carbonyl (C=O) groups excluding carboxylic acids is 1. The van der Waals surface area contributed by atoms with Gasteiger partial charge in [0.1, 0.15) is 0 Å².